The van der Waals surface area contributed by atoms with Crippen molar-refractivity contribution < 1.29 is 5.11 Å². The molecule has 0 aliphatic carbocycles. The lowest BCUT2D eigenvalue weighted by atomic mass is 9.98. The quantitative estimate of drug-likeness (QED) is 0.808. The van der Waals surface area contributed by atoms with Gasteiger partial charge in [-0.3, -0.25) is 0 Å². The highest BCUT2D eigenvalue weighted by Gasteiger charge is 2.14. The van der Waals surface area contributed by atoms with Crippen molar-refractivity contribution in [2.75, 3.05) is 0 Å². The van der Waals surface area contributed by atoms with Crippen LogP contribution in [0.2, 0.25) is 0 Å². The van der Waals surface area contributed by atoms with Crippen LogP contribution in [-0.4, -0.2) is 5.11 Å². The Balaban J connectivity index is 2.10. The van der Waals surface area contributed by atoms with E-state index in [4.69, 9.17) is 0 Å². The van der Waals surface area contributed by atoms with Crippen LogP contribution < -0.4 is 0 Å². The van der Waals surface area contributed by atoms with E-state index < -0.39 is 0 Å². The fourth-order valence-electron chi connectivity index (χ4n) is 2.27. The molecule has 0 radical (unpaired) electrons. The Bertz CT molecular complexity index is 441. The van der Waals surface area contributed by atoms with Gasteiger partial charge in [0.05, 0.1) is 6.10 Å². The van der Waals surface area contributed by atoms with Crippen LogP contribution in [0.25, 0.3) is 10.1 Å². The Kier molecular flexibility index (Phi) is 4.19. The van der Waals surface area contributed by atoms with Crippen LogP contribution in [0.5, 0.6) is 0 Å². The molecule has 0 aliphatic rings. The van der Waals surface area contributed by atoms with Gasteiger partial charge in [-0.15, -0.1) is 11.3 Å². The SMILES string of the molecule is CCCC(C)CC(O)c1cc2ccccc2s1. The van der Waals surface area contributed by atoms with Crippen molar-refractivity contribution in [1.82, 2.24) is 0 Å². The monoisotopic (exact) mass is 248 g/mol. The molecule has 0 fully saturated rings. The van der Waals surface area contributed by atoms with Gasteiger partial charge in [0.1, 0.15) is 0 Å². The van der Waals surface area contributed by atoms with E-state index in [0.717, 1.165) is 11.3 Å². The predicted molar refractivity (Wildman–Crippen MR) is 75.5 cm³/mol. The zero-order valence-electron chi connectivity index (χ0n) is 10.5. The molecule has 17 heavy (non-hydrogen) atoms. The lowest BCUT2D eigenvalue weighted by Crippen LogP contribution is -2.02. The third kappa shape index (κ3) is 3.08. The van der Waals surface area contributed by atoms with E-state index in [-0.39, 0.29) is 6.10 Å². The zero-order valence-corrected chi connectivity index (χ0v) is 11.3. The Hall–Kier alpha value is -0.860. The van der Waals surface area contributed by atoms with Gasteiger partial charge in [-0.1, -0.05) is 44.9 Å². The van der Waals surface area contributed by atoms with Crippen molar-refractivity contribution in [1.29, 1.82) is 0 Å². The summed E-state index contributed by atoms with van der Waals surface area (Å²) in [6.45, 7) is 4.42. The summed E-state index contributed by atoms with van der Waals surface area (Å²) in [5, 5.41) is 11.5. The molecule has 2 heteroatoms. The maximum absolute atomic E-state index is 10.2. The van der Waals surface area contributed by atoms with E-state index in [1.165, 1.54) is 22.9 Å². The number of fused-ring (bicyclic) bond motifs is 1. The summed E-state index contributed by atoms with van der Waals surface area (Å²) < 4.78 is 1.27. The van der Waals surface area contributed by atoms with Gasteiger partial charge in [0, 0.05) is 9.58 Å². The molecule has 1 heterocycles. The van der Waals surface area contributed by atoms with Crippen LogP contribution >= 0.6 is 11.3 Å². The summed E-state index contributed by atoms with van der Waals surface area (Å²) in [6.07, 6.45) is 2.97. The lowest BCUT2D eigenvalue weighted by molar-refractivity contribution is 0.148. The fourth-order valence-corrected chi connectivity index (χ4v) is 3.34. The highest BCUT2D eigenvalue weighted by Crippen LogP contribution is 2.33. The van der Waals surface area contributed by atoms with E-state index >= 15 is 0 Å². The maximum atomic E-state index is 10.2. The molecule has 0 saturated heterocycles. The molecule has 0 saturated carbocycles. The lowest BCUT2D eigenvalue weighted by Gasteiger charge is -2.14. The molecule has 1 aromatic heterocycles. The highest BCUT2D eigenvalue weighted by molar-refractivity contribution is 7.19. The molecule has 0 aliphatic heterocycles. The van der Waals surface area contributed by atoms with Crippen molar-refractivity contribution >= 4 is 21.4 Å². The second kappa shape index (κ2) is 5.65. The van der Waals surface area contributed by atoms with Crippen LogP contribution in [0.1, 0.15) is 44.1 Å². The van der Waals surface area contributed by atoms with Gasteiger partial charge in [-0.25, -0.2) is 0 Å². The van der Waals surface area contributed by atoms with E-state index in [9.17, 15) is 5.11 Å². The number of rotatable bonds is 5. The first-order valence-corrected chi connectivity index (χ1v) is 7.19. The minimum absolute atomic E-state index is 0.297. The molecule has 0 spiro atoms. The second-order valence-corrected chi connectivity index (χ2v) is 5.95. The first-order valence-electron chi connectivity index (χ1n) is 6.37. The second-order valence-electron chi connectivity index (χ2n) is 4.83. The normalized spacial score (nSPS) is 15.0. The number of aliphatic hydroxyl groups excluding tert-OH is 1. The maximum Gasteiger partial charge on any atom is 0.0884 e. The average Bonchev–Trinajstić information content (AvgIpc) is 2.72. The molecule has 2 aromatic rings. The molecule has 1 aromatic carbocycles. The van der Waals surface area contributed by atoms with E-state index in [2.05, 4.69) is 38.1 Å². The Morgan fingerprint density at radius 3 is 2.76 bits per heavy atom. The van der Waals surface area contributed by atoms with E-state index in [1.54, 1.807) is 11.3 Å². The van der Waals surface area contributed by atoms with Crippen molar-refractivity contribution in [3.63, 3.8) is 0 Å². The first kappa shape index (κ1) is 12.6. The molecule has 2 rings (SSSR count). The smallest absolute Gasteiger partial charge is 0.0884 e. The minimum atomic E-state index is -0.297. The molecule has 2 unspecified atom stereocenters. The standard InChI is InChI=1S/C15H20OS/c1-3-6-11(2)9-13(16)15-10-12-7-4-5-8-14(12)17-15/h4-5,7-8,10-11,13,16H,3,6,9H2,1-2H3. The average molecular weight is 248 g/mol. The minimum Gasteiger partial charge on any atom is -0.388 e. The summed E-state index contributed by atoms with van der Waals surface area (Å²) >= 11 is 1.72. The fraction of sp³-hybridized carbons (Fsp3) is 0.467. The van der Waals surface area contributed by atoms with Gasteiger partial charge in [-0.05, 0) is 29.9 Å². The van der Waals surface area contributed by atoms with Crippen molar-refractivity contribution in [2.24, 2.45) is 5.92 Å². The van der Waals surface area contributed by atoms with E-state index in [1.807, 2.05) is 6.07 Å². The molecule has 1 N–H and O–H groups in total. The third-order valence-electron chi connectivity index (χ3n) is 3.18. The van der Waals surface area contributed by atoms with Gasteiger partial charge < -0.3 is 5.11 Å². The molecule has 0 bridgehead atoms. The summed E-state index contributed by atoms with van der Waals surface area (Å²) in [5.41, 5.74) is 0. The van der Waals surface area contributed by atoms with Crippen molar-refractivity contribution in [3.05, 3.63) is 35.2 Å². The molecular weight excluding hydrogens is 228 g/mol. The molecule has 0 amide bonds. The number of aliphatic hydroxyl groups is 1. The Labute approximate surface area is 107 Å². The first-order chi connectivity index (χ1) is 8.20. The molecule has 1 nitrogen and oxygen atoms in total. The number of hydrogen-bond donors (Lipinski definition) is 1. The van der Waals surface area contributed by atoms with Crippen molar-refractivity contribution in [3.8, 4) is 0 Å². The van der Waals surface area contributed by atoms with Crippen LogP contribution in [0.15, 0.2) is 30.3 Å². The largest absolute Gasteiger partial charge is 0.388 e. The molecule has 92 valence electrons. The Morgan fingerprint density at radius 1 is 1.29 bits per heavy atom. The summed E-state index contributed by atoms with van der Waals surface area (Å²) in [7, 11) is 0. The summed E-state index contributed by atoms with van der Waals surface area (Å²) in [5.74, 6) is 0.597. The van der Waals surface area contributed by atoms with Gasteiger partial charge in [0.2, 0.25) is 0 Å². The highest BCUT2D eigenvalue weighted by atomic mass is 32.1. The van der Waals surface area contributed by atoms with Gasteiger partial charge in [-0.2, -0.15) is 0 Å². The van der Waals surface area contributed by atoms with Crippen molar-refractivity contribution in [2.45, 2.75) is 39.2 Å². The van der Waals surface area contributed by atoms with Crippen LogP contribution in [0.3, 0.4) is 0 Å². The number of hydrogen-bond acceptors (Lipinski definition) is 2. The van der Waals surface area contributed by atoms with Gasteiger partial charge in [0.25, 0.3) is 0 Å². The topological polar surface area (TPSA) is 20.2 Å². The zero-order chi connectivity index (χ0) is 12.3. The third-order valence-corrected chi connectivity index (χ3v) is 4.40. The van der Waals surface area contributed by atoms with Gasteiger partial charge in [0.15, 0.2) is 0 Å². The van der Waals surface area contributed by atoms with Gasteiger partial charge >= 0.3 is 0 Å². The predicted octanol–water partition coefficient (Wildman–Crippen LogP) is 4.76. The van der Waals surface area contributed by atoms with E-state index in [0.29, 0.717) is 5.92 Å². The van der Waals surface area contributed by atoms with Crippen LogP contribution in [-0.2, 0) is 0 Å². The Morgan fingerprint density at radius 2 is 2.06 bits per heavy atom. The number of thiophene rings is 1. The number of benzene rings is 1. The van der Waals surface area contributed by atoms with Crippen LogP contribution in [0, 0.1) is 5.92 Å². The van der Waals surface area contributed by atoms with Crippen LogP contribution in [0.4, 0.5) is 0 Å². The summed E-state index contributed by atoms with van der Waals surface area (Å²) in [4.78, 5) is 1.11. The molecular formula is C15H20OS. The summed E-state index contributed by atoms with van der Waals surface area (Å²) in [6, 6.07) is 10.5. The molecule has 2 atom stereocenters.